The molecule has 3 heterocycles. The molecule has 0 fully saturated rings. The first-order chi connectivity index (χ1) is 31.8. The molecule has 0 bridgehead atoms. The summed E-state index contributed by atoms with van der Waals surface area (Å²) in [6.45, 7) is 0. The number of fused-ring (bicyclic) bond motifs is 9. The molecule has 64 heavy (non-hydrogen) atoms. The molecule has 0 saturated heterocycles. The molecule has 13 rings (SSSR count). The standard InChI is InChI=1S/C60H41N3Si/c1-5-20-42(21-6-1)61-54-32-16-14-29-49(54)52-41-58-53(40-57(52)61)50-30-15-17-33-55(50)62(58)44-36-38-47(39-37-44)64(45-24-9-3-10-25-45,46-26-11-4-12-27-46)59-35-19-31-51-48-28-13-18-34-56(48)63(60(51)59)43-22-7-2-8-23-43/h1-41H. The number of hydrogen-bond donors (Lipinski definition) is 0. The highest BCUT2D eigenvalue weighted by Gasteiger charge is 2.43. The molecule has 10 aromatic carbocycles. The van der Waals surface area contributed by atoms with Crippen molar-refractivity contribution in [2.45, 2.75) is 0 Å². The molecule has 0 aliphatic rings. The quantitative estimate of drug-likeness (QED) is 0.112. The van der Waals surface area contributed by atoms with Crippen LogP contribution in [0.2, 0.25) is 0 Å². The first-order valence-electron chi connectivity index (χ1n) is 22.1. The molecule has 13 aromatic rings. The third kappa shape index (κ3) is 5.27. The van der Waals surface area contributed by atoms with Crippen LogP contribution in [0.25, 0.3) is 82.5 Å². The summed E-state index contributed by atoms with van der Waals surface area (Å²) in [4.78, 5) is 0. The zero-order valence-corrected chi connectivity index (χ0v) is 36.0. The van der Waals surface area contributed by atoms with Crippen LogP contribution in [0, 0.1) is 0 Å². The van der Waals surface area contributed by atoms with E-state index in [-0.39, 0.29) is 0 Å². The second kappa shape index (κ2) is 14.5. The SMILES string of the molecule is c1ccc(-n2c3ccccc3c3cc4c(cc32)c2ccccc2n4-c2ccc([Si](c3ccccc3)(c3ccccc3)c3cccc4c5ccccc5n(-c5ccccc5)c34)cc2)cc1. The van der Waals surface area contributed by atoms with E-state index in [1.54, 1.807) is 0 Å². The summed E-state index contributed by atoms with van der Waals surface area (Å²) in [7, 11) is -3.04. The summed E-state index contributed by atoms with van der Waals surface area (Å²) in [5.41, 5.74) is 10.8. The maximum Gasteiger partial charge on any atom is 0.181 e. The highest BCUT2D eigenvalue weighted by atomic mass is 28.3. The zero-order valence-electron chi connectivity index (χ0n) is 35.0. The van der Waals surface area contributed by atoms with Gasteiger partial charge in [-0.15, -0.1) is 0 Å². The van der Waals surface area contributed by atoms with Crippen molar-refractivity contribution in [3.8, 4) is 17.1 Å². The molecule has 0 unspecified atom stereocenters. The molecule has 0 aliphatic carbocycles. The van der Waals surface area contributed by atoms with Gasteiger partial charge in [0, 0.05) is 49.4 Å². The Balaban J connectivity index is 1.09. The Kier molecular flexibility index (Phi) is 8.23. The predicted molar refractivity (Wildman–Crippen MR) is 273 cm³/mol. The van der Waals surface area contributed by atoms with Crippen LogP contribution in [-0.2, 0) is 0 Å². The van der Waals surface area contributed by atoms with E-state index in [4.69, 9.17) is 0 Å². The van der Waals surface area contributed by atoms with E-state index >= 15 is 0 Å². The van der Waals surface area contributed by atoms with Gasteiger partial charge < -0.3 is 13.7 Å². The van der Waals surface area contributed by atoms with Gasteiger partial charge in [0.25, 0.3) is 0 Å². The fourth-order valence-corrected chi connectivity index (χ4v) is 15.9. The number of hydrogen-bond acceptors (Lipinski definition) is 0. The number of para-hydroxylation sites is 6. The van der Waals surface area contributed by atoms with E-state index in [9.17, 15) is 0 Å². The number of aromatic nitrogens is 3. The first kappa shape index (κ1) is 36.5. The predicted octanol–water partition coefficient (Wildman–Crippen LogP) is 12.4. The Hall–Kier alpha value is -8.18. The van der Waals surface area contributed by atoms with Gasteiger partial charge in [-0.25, -0.2) is 0 Å². The van der Waals surface area contributed by atoms with Crippen LogP contribution in [0.15, 0.2) is 249 Å². The van der Waals surface area contributed by atoms with Crippen molar-refractivity contribution in [3.63, 3.8) is 0 Å². The largest absolute Gasteiger partial charge is 0.309 e. The minimum atomic E-state index is -3.04. The van der Waals surface area contributed by atoms with Crippen LogP contribution >= 0.6 is 0 Å². The van der Waals surface area contributed by atoms with Crippen LogP contribution in [0.4, 0.5) is 0 Å². The van der Waals surface area contributed by atoms with Gasteiger partial charge in [-0.05, 0) is 87.5 Å². The molecule has 0 aliphatic heterocycles. The lowest BCUT2D eigenvalue weighted by atomic mass is 10.1. The lowest BCUT2D eigenvalue weighted by molar-refractivity contribution is 1.17. The maximum atomic E-state index is 2.51. The summed E-state index contributed by atoms with van der Waals surface area (Å²) in [5.74, 6) is 0. The summed E-state index contributed by atoms with van der Waals surface area (Å²) < 4.78 is 7.40. The van der Waals surface area contributed by atoms with E-state index in [0.29, 0.717) is 0 Å². The van der Waals surface area contributed by atoms with E-state index in [2.05, 4.69) is 262 Å². The molecule has 4 heteroatoms. The molecule has 0 radical (unpaired) electrons. The molecule has 3 aromatic heterocycles. The van der Waals surface area contributed by atoms with Crippen LogP contribution in [0.1, 0.15) is 0 Å². The van der Waals surface area contributed by atoms with E-state index < -0.39 is 8.07 Å². The zero-order chi connectivity index (χ0) is 42.2. The van der Waals surface area contributed by atoms with Crippen molar-refractivity contribution in [2.75, 3.05) is 0 Å². The molecule has 300 valence electrons. The molecular weight excluding hydrogens is 791 g/mol. The van der Waals surface area contributed by atoms with Crippen molar-refractivity contribution in [3.05, 3.63) is 249 Å². The third-order valence-corrected chi connectivity index (χ3v) is 18.4. The average molecular weight is 832 g/mol. The summed E-state index contributed by atoms with van der Waals surface area (Å²) in [5, 5.41) is 12.9. The second-order valence-electron chi connectivity index (χ2n) is 16.8. The Bertz CT molecular complexity index is 3830. The molecule has 0 amide bonds. The Labute approximate surface area is 372 Å². The van der Waals surface area contributed by atoms with Crippen LogP contribution in [-0.4, -0.2) is 21.8 Å². The van der Waals surface area contributed by atoms with Crippen molar-refractivity contribution < 1.29 is 0 Å². The van der Waals surface area contributed by atoms with Crippen LogP contribution < -0.4 is 20.7 Å². The second-order valence-corrected chi connectivity index (χ2v) is 20.6. The molecular formula is C60H41N3Si. The van der Waals surface area contributed by atoms with E-state index in [1.165, 1.54) is 86.2 Å². The minimum absolute atomic E-state index is 1.14. The highest BCUT2D eigenvalue weighted by molar-refractivity contribution is 7.20. The van der Waals surface area contributed by atoms with Crippen molar-refractivity contribution in [2.24, 2.45) is 0 Å². The number of rotatable bonds is 7. The van der Waals surface area contributed by atoms with Gasteiger partial charge in [0.15, 0.2) is 8.07 Å². The summed E-state index contributed by atoms with van der Waals surface area (Å²) in [6.07, 6.45) is 0. The summed E-state index contributed by atoms with van der Waals surface area (Å²) in [6, 6.07) is 92.3. The summed E-state index contributed by atoms with van der Waals surface area (Å²) >= 11 is 0. The van der Waals surface area contributed by atoms with E-state index in [0.717, 1.165) is 17.1 Å². The number of benzene rings is 10. The van der Waals surface area contributed by atoms with E-state index in [1.807, 2.05) is 0 Å². The molecule has 0 N–H and O–H groups in total. The molecule has 3 nitrogen and oxygen atoms in total. The van der Waals surface area contributed by atoms with Crippen LogP contribution in [0.5, 0.6) is 0 Å². The minimum Gasteiger partial charge on any atom is -0.309 e. The lowest BCUT2D eigenvalue weighted by Crippen LogP contribution is -2.75. The monoisotopic (exact) mass is 831 g/mol. The van der Waals surface area contributed by atoms with Gasteiger partial charge in [-0.2, -0.15) is 0 Å². The Morgan fingerprint density at radius 1 is 0.234 bits per heavy atom. The molecule has 0 atom stereocenters. The van der Waals surface area contributed by atoms with Crippen molar-refractivity contribution >= 4 is 94.2 Å². The lowest BCUT2D eigenvalue weighted by Gasteiger charge is -2.35. The maximum absolute atomic E-state index is 3.04. The van der Waals surface area contributed by atoms with Gasteiger partial charge in [-0.3, -0.25) is 0 Å². The highest BCUT2D eigenvalue weighted by Crippen LogP contribution is 2.40. The third-order valence-electron chi connectivity index (χ3n) is 13.6. The Morgan fingerprint density at radius 2 is 0.594 bits per heavy atom. The topological polar surface area (TPSA) is 14.8 Å². The first-order valence-corrected chi connectivity index (χ1v) is 24.1. The van der Waals surface area contributed by atoms with Crippen molar-refractivity contribution in [1.29, 1.82) is 0 Å². The normalized spacial score (nSPS) is 12.1. The Morgan fingerprint density at radius 3 is 1.09 bits per heavy atom. The van der Waals surface area contributed by atoms with Gasteiger partial charge >= 0.3 is 0 Å². The number of nitrogens with zero attached hydrogens (tertiary/aromatic N) is 3. The van der Waals surface area contributed by atoms with Gasteiger partial charge in [0.1, 0.15) is 0 Å². The fourth-order valence-electron chi connectivity index (χ4n) is 10.9. The molecule has 0 saturated carbocycles. The fraction of sp³-hybridized carbons (Fsp3) is 0. The van der Waals surface area contributed by atoms with Gasteiger partial charge in [0.05, 0.1) is 33.1 Å². The van der Waals surface area contributed by atoms with Gasteiger partial charge in [-0.1, -0.05) is 182 Å². The average Bonchev–Trinajstić information content (AvgIpc) is 4.00. The van der Waals surface area contributed by atoms with Crippen LogP contribution in [0.3, 0.4) is 0 Å². The smallest absolute Gasteiger partial charge is 0.181 e. The van der Waals surface area contributed by atoms with Gasteiger partial charge in [0.2, 0.25) is 0 Å². The molecule has 0 spiro atoms. The van der Waals surface area contributed by atoms with Crippen molar-refractivity contribution in [1.82, 2.24) is 13.7 Å².